The van der Waals surface area contributed by atoms with Crippen molar-refractivity contribution in [3.05, 3.63) is 63.6 Å². The second-order valence-corrected chi connectivity index (χ2v) is 8.62. The summed E-state index contributed by atoms with van der Waals surface area (Å²) in [6, 6.07) is 7.07. The monoisotopic (exact) mass is 464 g/mol. The van der Waals surface area contributed by atoms with Crippen molar-refractivity contribution in [2.75, 3.05) is 26.7 Å². The molecular weight excluding hydrogens is 444 g/mol. The number of nitrogens with one attached hydrogen (secondary N) is 1. The van der Waals surface area contributed by atoms with Gasteiger partial charge in [0, 0.05) is 41.9 Å². The molecule has 2 amide bonds. The Balaban J connectivity index is 1.36. The first-order valence-electron chi connectivity index (χ1n) is 10.6. The molecule has 1 aromatic carbocycles. The van der Waals surface area contributed by atoms with Gasteiger partial charge in [-0.15, -0.1) is 5.10 Å². The van der Waals surface area contributed by atoms with Gasteiger partial charge in [0.05, 0.1) is 11.8 Å². The molecule has 1 fully saturated rings. The van der Waals surface area contributed by atoms with E-state index >= 15 is 0 Å². The highest BCUT2D eigenvalue weighted by Crippen LogP contribution is 2.25. The highest BCUT2D eigenvalue weighted by atomic mass is 35.5. The minimum atomic E-state index is -0.274. The first kappa shape index (κ1) is 21.1. The van der Waals surface area contributed by atoms with Gasteiger partial charge in [0.2, 0.25) is 11.8 Å². The van der Waals surface area contributed by atoms with E-state index in [9.17, 15) is 14.4 Å². The van der Waals surface area contributed by atoms with Crippen LogP contribution in [-0.2, 0) is 9.59 Å². The first-order valence-corrected chi connectivity index (χ1v) is 11.0. The summed E-state index contributed by atoms with van der Waals surface area (Å²) in [5, 5.41) is 9.75. The van der Waals surface area contributed by atoms with E-state index in [1.807, 2.05) is 12.1 Å². The normalized spacial score (nSPS) is 16.7. The van der Waals surface area contributed by atoms with Crippen molar-refractivity contribution in [2.24, 2.45) is 0 Å². The van der Waals surface area contributed by atoms with Crippen LogP contribution in [0.15, 0.2) is 53.0 Å². The number of carbonyl (C=O) groups excluding carboxylic acids is 2. The van der Waals surface area contributed by atoms with E-state index in [0.29, 0.717) is 53.3 Å². The molecule has 1 N–H and O–H groups in total. The first-order chi connectivity index (χ1) is 15.9. The Morgan fingerprint density at radius 1 is 1.12 bits per heavy atom. The van der Waals surface area contributed by atoms with Crippen LogP contribution in [0, 0.1) is 0 Å². The van der Waals surface area contributed by atoms with Crippen molar-refractivity contribution in [2.45, 2.75) is 12.8 Å². The third kappa shape index (κ3) is 4.07. The van der Waals surface area contributed by atoms with Crippen molar-refractivity contribution in [1.82, 2.24) is 29.8 Å². The second-order valence-electron chi connectivity index (χ2n) is 8.18. The molecule has 33 heavy (non-hydrogen) atoms. The molecule has 2 aliphatic rings. The topological polar surface area (TPSA) is 104 Å². The highest BCUT2D eigenvalue weighted by molar-refractivity contribution is 6.31. The van der Waals surface area contributed by atoms with Crippen LogP contribution in [-0.4, -0.2) is 68.3 Å². The van der Waals surface area contributed by atoms with Crippen molar-refractivity contribution in [1.29, 1.82) is 0 Å². The number of carbonyl (C=O) groups is 2. The number of hydrogen-bond donors (Lipinski definition) is 1. The van der Waals surface area contributed by atoms with Gasteiger partial charge in [0.25, 0.3) is 5.56 Å². The number of fused-ring (bicyclic) bond motifs is 1. The van der Waals surface area contributed by atoms with Crippen molar-refractivity contribution < 1.29 is 9.59 Å². The van der Waals surface area contributed by atoms with Crippen LogP contribution in [0.2, 0.25) is 5.02 Å². The van der Waals surface area contributed by atoms with Crippen LogP contribution < -0.4 is 5.56 Å². The molecule has 0 bridgehead atoms. The minimum Gasteiger partial charge on any atom is -0.342 e. The van der Waals surface area contributed by atoms with E-state index in [-0.39, 0.29) is 23.9 Å². The Bertz CT molecular complexity index is 1400. The number of H-pyrrole nitrogens is 1. The zero-order valence-corrected chi connectivity index (χ0v) is 18.7. The smallest absolute Gasteiger partial charge is 0.258 e. The number of rotatable bonds is 3. The number of piperazine rings is 1. The number of likely N-dealkylation sites (N-methyl/N-ethyl adjacent to an activating group) is 1. The molecule has 9 nitrogen and oxygen atoms in total. The van der Waals surface area contributed by atoms with Gasteiger partial charge in [-0.25, -0.2) is 4.68 Å². The number of hydrogen-bond acceptors (Lipinski definition) is 5. The van der Waals surface area contributed by atoms with Gasteiger partial charge in [-0.05, 0) is 42.5 Å². The van der Waals surface area contributed by atoms with E-state index in [4.69, 9.17) is 11.6 Å². The summed E-state index contributed by atoms with van der Waals surface area (Å²) in [6.45, 7) is 1.19. The molecule has 0 spiro atoms. The van der Waals surface area contributed by atoms with Gasteiger partial charge in [0.15, 0.2) is 0 Å². The summed E-state index contributed by atoms with van der Waals surface area (Å²) in [4.78, 5) is 43.3. The van der Waals surface area contributed by atoms with E-state index in [1.54, 1.807) is 52.0 Å². The average molecular weight is 465 g/mol. The molecule has 1 saturated heterocycles. The molecule has 1 aliphatic heterocycles. The molecule has 0 unspecified atom stereocenters. The average Bonchev–Trinajstić information content (AvgIpc) is 3.30. The molecule has 0 saturated carbocycles. The SMILES string of the molecule is CN1CCN(C(=O)C2=CC=C(n3cc(-c4cc5ccc(Cl)cc5[nH]c4=O)nn3)CC2)CC1=O. The fraction of sp³-hybridized carbons (Fsp3) is 0.261. The summed E-state index contributed by atoms with van der Waals surface area (Å²) >= 11 is 6.00. The maximum absolute atomic E-state index is 12.8. The van der Waals surface area contributed by atoms with Crippen LogP contribution in [0.4, 0.5) is 0 Å². The maximum Gasteiger partial charge on any atom is 0.258 e. The zero-order chi connectivity index (χ0) is 23.1. The lowest BCUT2D eigenvalue weighted by molar-refractivity contribution is -0.142. The van der Waals surface area contributed by atoms with E-state index in [0.717, 1.165) is 11.1 Å². The number of halogens is 1. The van der Waals surface area contributed by atoms with Crippen LogP contribution in [0.25, 0.3) is 27.9 Å². The predicted molar refractivity (Wildman–Crippen MR) is 124 cm³/mol. The van der Waals surface area contributed by atoms with Crippen LogP contribution in [0.1, 0.15) is 12.8 Å². The lowest BCUT2D eigenvalue weighted by atomic mass is 10.0. The van der Waals surface area contributed by atoms with Crippen molar-refractivity contribution >= 4 is 40.0 Å². The molecule has 3 heterocycles. The Morgan fingerprint density at radius 2 is 1.97 bits per heavy atom. The highest BCUT2D eigenvalue weighted by Gasteiger charge is 2.27. The predicted octanol–water partition coefficient (Wildman–Crippen LogP) is 2.30. The molecule has 3 aromatic rings. The number of pyridine rings is 1. The summed E-state index contributed by atoms with van der Waals surface area (Å²) in [7, 11) is 1.74. The molecule has 5 rings (SSSR count). The maximum atomic E-state index is 12.8. The number of allylic oxidation sites excluding steroid dienone is 3. The lowest BCUT2D eigenvalue weighted by Gasteiger charge is -2.32. The summed E-state index contributed by atoms with van der Waals surface area (Å²) in [6.07, 6.45) is 6.45. The molecule has 0 atom stereocenters. The Kier molecular flexibility index (Phi) is 5.33. The number of aromatic amines is 1. The van der Waals surface area contributed by atoms with E-state index in [2.05, 4.69) is 15.3 Å². The number of benzene rings is 1. The molecule has 0 radical (unpaired) electrons. The largest absolute Gasteiger partial charge is 0.342 e. The lowest BCUT2D eigenvalue weighted by Crippen LogP contribution is -2.51. The van der Waals surface area contributed by atoms with Gasteiger partial charge in [-0.2, -0.15) is 0 Å². The van der Waals surface area contributed by atoms with Crippen LogP contribution in [0.3, 0.4) is 0 Å². The quantitative estimate of drug-likeness (QED) is 0.640. The van der Waals surface area contributed by atoms with Crippen LogP contribution in [0.5, 0.6) is 0 Å². The fourth-order valence-electron chi connectivity index (χ4n) is 4.02. The second kappa shape index (κ2) is 8.32. The van der Waals surface area contributed by atoms with Gasteiger partial charge >= 0.3 is 0 Å². The number of nitrogens with zero attached hydrogens (tertiary/aromatic N) is 5. The summed E-state index contributed by atoms with van der Waals surface area (Å²) in [5.74, 6) is -0.155. The number of amides is 2. The van der Waals surface area contributed by atoms with Crippen LogP contribution >= 0.6 is 11.6 Å². The molecular formula is C23H21ClN6O3. The fourth-order valence-corrected chi connectivity index (χ4v) is 4.19. The molecule has 10 heteroatoms. The van der Waals surface area contributed by atoms with Gasteiger partial charge in [-0.1, -0.05) is 29.0 Å². The minimum absolute atomic E-state index is 0.0517. The summed E-state index contributed by atoms with van der Waals surface area (Å²) in [5.41, 5.74) is 2.78. The van der Waals surface area contributed by atoms with Gasteiger partial charge in [0.1, 0.15) is 12.2 Å². The third-order valence-electron chi connectivity index (χ3n) is 6.02. The Hall–Kier alpha value is -3.72. The van der Waals surface area contributed by atoms with E-state index < -0.39 is 0 Å². The summed E-state index contributed by atoms with van der Waals surface area (Å²) < 4.78 is 1.62. The number of aromatic nitrogens is 4. The van der Waals surface area contributed by atoms with E-state index in [1.165, 1.54) is 0 Å². The molecule has 168 valence electrons. The molecule has 1 aliphatic carbocycles. The third-order valence-corrected chi connectivity index (χ3v) is 6.25. The molecule has 2 aromatic heterocycles. The Labute approximate surface area is 193 Å². The zero-order valence-electron chi connectivity index (χ0n) is 17.9. The van der Waals surface area contributed by atoms with Crippen molar-refractivity contribution in [3.8, 4) is 11.3 Å². The van der Waals surface area contributed by atoms with Gasteiger partial charge < -0.3 is 14.8 Å². The van der Waals surface area contributed by atoms with Gasteiger partial charge in [-0.3, -0.25) is 14.4 Å². The van der Waals surface area contributed by atoms with Crippen molar-refractivity contribution in [3.63, 3.8) is 0 Å². The standard InChI is InChI=1S/C23H21ClN6O3/c1-28-8-9-29(13-21(28)31)23(33)14-3-6-17(7-4-14)30-12-20(26-27-30)18-10-15-2-5-16(24)11-19(15)25-22(18)32/h2-3,5-6,10-12H,4,7-9,13H2,1H3,(H,25,32). The Morgan fingerprint density at radius 3 is 2.73 bits per heavy atom.